The van der Waals surface area contributed by atoms with E-state index < -0.39 is 0 Å². The molecule has 1 aliphatic heterocycles. The molecule has 0 fully saturated rings. The lowest BCUT2D eigenvalue weighted by Gasteiger charge is -2.33. The Morgan fingerprint density at radius 1 is 1.19 bits per heavy atom. The summed E-state index contributed by atoms with van der Waals surface area (Å²) in [5, 5.41) is 0. The van der Waals surface area contributed by atoms with E-state index in [1.165, 1.54) is 47.9 Å². The lowest BCUT2D eigenvalue weighted by molar-refractivity contribution is 0.0209. The molecule has 2 heteroatoms. The molecule has 2 atom stereocenters. The summed E-state index contributed by atoms with van der Waals surface area (Å²) in [6, 6.07) is 4.56. The van der Waals surface area contributed by atoms with Crippen LogP contribution in [0.3, 0.4) is 0 Å². The van der Waals surface area contributed by atoms with Crippen LogP contribution in [0.5, 0.6) is 0 Å². The minimum Gasteiger partial charge on any atom is -0.372 e. The highest BCUT2D eigenvalue weighted by molar-refractivity contribution is 5.45. The van der Waals surface area contributed by atoms with Crippen LogP contribution in [-0.4, -0.2) is 6.10 Å². The Morgan fingerprint density at radius 2 is 1.94 bits per heavy atom. The number of nitrogens with two attached hydrogens (primary N) is 1. The molecule has 3 rings (SSSR count). The van der Waals surface area contributed by atoms with Crippen molar-refractivity contribution < 1.29 is 4.74 Å². The monoisotopic (exact) mass is 217 g/mol. The van der Waals surface area contributed by atoms with Gasteiger partial charge in [-0.2, -0.15) is 0 Å². The van der Waals surface area contributed by atoms with E-state index in [0.29, 0.717) is 0 Å². The summed E-state index contributed by atoms with van der Waals surface area (Å²) in [5.41, 5.74) is 12.1. The van der Waals surface area contributed by atoms with E-state index in [9.17, 15) is 0 Å². The Morgan fingerprint density at radius 3 is 2.81 bits per heavy atom. The van der Waals surface area contributed by atoms with E-state index in [4.69, 9.17) is 10.5 Å². The smallest absolute Gasteiger partial charge is 0.0744 e. The number of rotatable bonds is 0. The molecule has 0 spiro atoms. The zero-order chi connectivity index (χ0) is 11.1. The molecule has 2 N–H and O–H groups in total. The Hall–Kier alpha value is -0.860. The van der Waals surface area contributed by atoms with Gasteiger partial charge in [0.2, 0.25) is 0 Å². The van der Waals surface area contributed by atoms with E-state index in [1.54, 1.807) is 0 Å². The number of hydrogen-bond donors (Lipinski definition) is 1. The predicted molar refractivity (Wildman–Crippen MR) is 64.3 cm³/mol. The molecule has 1 heterocycles. The molecular weight excluding hydrogens is 198 g/mol. The van der Waals surface area contributed by atoms with E-state index in [-0.39, 0.29) is 12.1 Å². The van der Waals surface area contributed by atoms with Gasteiger partial charge in [0.15, 0.2) is 0 Å². The summed E-state index contributed by atoms with van der Waals surface area (Å²) >= 11 is 0. The lowest BCUT2D eigenvalue weighted by atomic mass is 9.81. The van der Waals surface area contributed by atoms with Gasteiger partial charge < -0.3 is 10.5 Å². The second kappa shape index (κ2) is 3.86. The standard InChI is InChI=1S/C14H19NO/c1-9-14(15)13-11(8-16-9)7-6-10-4-2-3-5-12(10)13/h6-7,9,14H,2-5,8,15H2,1H3/t9-,14?/m0/s1. The van der Waals surface area contributed by atoms with Crippen LogP contribution >= 0.6 is 0 Å². The lowest BCUT2D eigenvalue weighted by Crippen LogP contribution is -2.33. The summed E-state index contributed by atoms with van der Waals surface area (Å²) in [6.07, 6.45) is 5.23. The second-order valence-corrected chi connectivity index (χ2v) is 5.03. The van der Waals surface area contributed by atoms with Crippen LogP contribution in [0.2, 0.25) is 0 Å². The maximum Gasteiger partial charge on any atom is 0.0744 e. The van der Waals surface area contributed by atoms with Crippen molar-refractivity contribution in [3.8, 4) is 0 Å². The molecule has 0 aromatic heterocycles. The summed E-state index contributed by atoms with van der Waals surface area (Å²) < 4.78 is 5.68. The van der Waals surface area contributed by atoms with Crippen molar-refractivity contribution in [3.05, 3.63) is 34.4 Å². The van der Waals surface area contributed by atoms with Crippen molar-refractivity contribution in [2.24, 2.45) is 5.73 Å². The molecule has 0 radical (unpaired) electrons. The van der Waals surface area contributed by atoms with Crippen LogP contribution in [0.1, 0.15) is 48.1 Å². The first-order valence-electron chi connectivity index (χ1n) is 6.28. The fourth-order valence-electron chi connectivity index (χ4n) is 3.01. The maximum absolute atomic E-state index is 6.29. The number of aryl methyl sites for hydroxylation is 1. The highest BCUT2D eigenvalue weighted by Gasteiger charge is 2.28. The summed E-state index contributed by atoms with van der Waals surface area (Å²) in [6.45, 7) is 2.81. The molecule has 2 aliphatic rings. The number of benzene rings is 1. The van der Waals surface area contributed by atoms with Crippen molar-refractivity contribution in [3.63, 3.8) is 0 Å². The average Bonchev–Trinajstić information content (AvgIpc) is 2.33. The zero-order valence-corrected chi connectivity index (χ0v) is 9.83. The summed E-state index contributed by atoms with van der Waals surface area (Å²) in [5.74, 6) is 0. The van der Waals surface area contributed by atoms with Gasteiger partial charge in [0.05, 0.1) is 18.8 Å². The van der Waals surface area contributed by atoms with Crippen LogP contribution in [0.25, 0.3) is 0 Å². The number of ether oxygens (including phenoxy) is 1. The minimum absolute atomic E-state index is 0.0665. The molecule has 0 amide bonds. The first-order chi connectivity index (χ1) is 7.77. The van der Waals surface area contributed by atoms with Gasteiger partial charge in [0.1, 0.15) is 0 Å². The molecule has 0 bridgehead atoms. The van der Waals surface area contributed by atoms with Crippen LogP contribution in [0.4, 0.5) is 0 Å². The predicted octanol–water partition coefficient (Wildman–Crippen LogP) is 2.48. The van der Waals surface area contributed by atoms with Crippen LogP contribution in [0, 0.1) is 0 Å². The Kier molecular flexibility index (Phi) is 2.49. The Labute approximate surface area is 96.8 Å². The quantitative estimate of drug-likeness (QED) is 0.724. The molecule has 16 heavy (non-hydrogen) atoms. The van der Waals surface area contributed by atoms with Crippen molar-refractivity contribution in [1.29, 1.82) is 0 Å². The molecule has 86 valence electrons. The van der Waals surface area contributed by atoms with Crippen LogP contribution in [-0.2, 0) is 24.2 Å². The topological polar surface area (TPSA) is 35.2 Å². The number of hydrogen-bond acceptors (Lipinski definition) is 2. The van der Waals surface area contributed by atoms with Gasteiger partial charge in [-0.15, -0.1) is 0 Å². The largest absolute Gasteiger partial charge is 0.372 e. The molecule has 2 nitrogen and oxygen atoms in total. The SMILES string of the molecule is C[C@@H]1OCc2ccc3c(c2C1N)CCCC3. The first-order valence-corrected chi connectivity index (χ1v) is 6.28. The van der Waals surface area contributed by atoms with E-state index >= 15 is 0 Å². The molecule has 0 saturated carbocycles. The van der Waals surface area contributed by atoms with Gasteiger partial charge in [-0.05, 0) is 54.9 Å². The van der Waals surface area contributed by atoms with Crippen molar-refractivity contribution in [2.45, 2.75) is 51.4 Å². The third kappa shape index (κ3) is 1.48. The maximum atomic E-state index is 6.29. The third-order valence-corrected chi connectivity index (χ3v) is 4.01. The zero-order valence-electron chi connectivity index (χ0n) is 9.83. The van der Waals surface area contributed by atoms with Crippen LogP contribution < -0.4 is 5.73 Å². The van der Waals surface area contributed by atoms with Gasteiger partial charge in [-0.3, -0.25) is 0 Å². The fraction of sp³-hybridized carbons (Fsp3) is 0.571. The van der Waals surface area contributed by atoms with E-state index in [0.717, 1.165) is 6.61 Å². The highest BCUT2D eigenvalue weighted by Crippen LogP contribution is 2.35. The molecule has 0 saturated heterocycles. The average molecular weight is 217 g/mol. The van der Waals surface area contributed by atoms with Crippen molar-refractivity contribution in [2.75, 3.05) is 0 Å². The van der Waals surface area contributed by atoms with Gasteiger partial charge in [-0.25, -0.2) is 0 Å². The second-order valence-electron chi connectivity index (χ2n) is 5.03. The molecule has 1 aromatic carbocycles. The molecule has 1 aliphatic carbocycles. The molecule has 1 unspecified atom stereocenters. The molecule has 1 aromatic rings. The summed E-state index contributed by atoms with van der Waals surface area (Å²) in [7, 11) is 0. The van der Waals surface area contributed by atoms with E-state index in [1.807, 2.05) is 0 Å². The normalized spacial score (nSPS) is 28.4. The minimum atomic E-state index is 0.0665. The highest BCUT2D eigenvalue weighted by atomic mass is 16.5. The fourth-order valence-corrected chi connectivity index (χ4v) is 3.01. The van der Waals surface area contributed by atoms with Gasteiger partial charge in [0.25, 0.3) is 0 Å². The van der Waals surface area contributed by atoms with Gasteiger partial charge in [0, 0.05) is 0 Å². The van der Waals surface area contributed by atoms with E-state index in [2.05, 4.69) is 19.1 Å². The number of fused-ring (bicyclic) bond motifs is 3. The van der Waals surface area contributed by atoms with Gasteiger partial charge >= 0.3 is 0 Å². The van der Waals surface area contributed by atoms with Crippen LogP contribution in [0.15, 0.2) is 12.1 Å². The van der Waals surface area contributed by atoms with Crippen molar-refractivity contribution >= 4 is 0 Å². The molecular formula is C14H19NO. The first kappa shape index (κ1) is 10.3. The Balaban J connectivity index is 2.14. The third-order valence-electron chi connectivity index (χ3n) is 4.01. The van der Waals surface area contributed by atoms with Gasteiger partial charge in [-0.1, -0.05) is 12.1 Å². The summed E-state index contributed by atoms with van der Waals surface area (Å²) in [4.78, 5) is 0. The van der Waals surface area contributed by atoms with Crippen molar-refractivity contribution in [1.82, 2.24) is 0 Å². The Bertz CT molecular complexity index is 413.